The molecule has 0 radical (unpaired) electrons. The highest BCUT2D eigenvalue weighted by molar-refractivity contribution is 7.99. The molecule has 2 aromatic rings. The number of hydrogen-bond donors (Lipinski definition) is 1. The van der Waals surface area contributed by atoms with Crippen LogP contribution in [0.2, 0.25) is 5.02 Å². The first-order valence-corrected chi connectivity index (χ1v) is 12.0. The Bertz CT molecular complexity index is 988. The molecule has 1 aliphatic heterocycles. The molecule has 0 saturated carbocycles. The lowest BCUT2D eigenvalue weighted by Crippen LogP contribution is -2.48. The van der Waals surface area contributed by atoms with Crippen molar-refractivity contribution in [2.75, 3.05) is 11.6 Å². The molecule has 0 spiro atoms. The van der Waals surface area contributed by atoms with Gasteiger partial charge >= 0.3 is 0 Å². The molecule has 3 rings (SSSR count). The van der Waals surface area contributed by atoms with Crippen molar-refractivity contribution < 1.29 is 9.59 Å². The number of nitrogens with zero attached hydrogens (tertiary/aromatic N) is 3. The van der Waals surface area contributed by atoms with E-state index in [0.29, 0.717) is 23.2 Å². The Balaban J connectivity index is 1.72. The summed E-state index contributed by atoms with van der Waals surface area (Å²) >= 11 is 7.89. The van der Waals surface area contributed by atoms with Gasteiger partial charge in [-0.3, -0.25) is 14.3 Å². The van der Waals surface area contributed by atoms with E-state index in [2.05, 4.69) is 10.4 Å². The second kappa shape index (κ2) is 10.4. The van der Waals surface area contributed by atoms with Crippen molar-refractivity contribution >= 4 is 41.3 Å². The number of rotatable bonds is 7. The quantitative estimate of drug-likeness (QED) is 0.633. The number of nitrogens with one attached hydrogen (secondary N) is 1. The fourth-order valence-electron chi connectivity index (χ4n) is 3.46. The van der Waals surface area contributed by atoms with E-state index in [1.54, 1.807) is 28.8 Å². The van der Waals surface area contributed by atoms with Crippen LogP contribution in [-0.4, -0.2) is 50.2 Å². The van der Waals surface area contributed by atoms with Gasteiger partial charge in [-0.1, -0.05) is 36.7 Å². The van der Waals surface area contributed by atoms with Gasteiger partial charge in [-0.05, 0) is 44.9 Å². The minimum atomic E-state index is -0.429. The van der Waals surface area contributed by atoms with Crippen LogP contribution in [0.15, 0.2) is 30.3 Å². The number of hydrogen-bond acceptors (Lipinski definition) is 4. The van der Waals surface area contributed by atoms with Crippen molar-refractivity contribution in [2.24, 2.45) is 0 Å². The first-order chi connectivity index (χ1) is 14.8. The molecular weight excluding hydrogens is 432 g/mol. The second-order valence-electron chi connectivity index (χ2n) is 7.81. The Morgan fingerprint density at radius 1 is 1.35 bits per heavy atom. The number of carbonyl (C=O) groups is 2. The lowest BCUT2D eigenvalue weighted by molar-refractivity contribution is -0.135. The maximum absolute atomic E-state index is 12.9. The van der Waals surface area contributed by atoms with Crippen LogP contribution in [-0.2, 0) is 16.1 Å². The van der Waals surface area contributed by atoms with Crippen LogP contribution < -0.4 is 5.32 Å². The monoisotopic (exact) mass is 460 g/mol. The maximum atomic E-state index is 12.9. The van der Waals surface area contributed by atoms with E-state index < -0.39 is 6.04 Å². The first kappa shape index (κ1) is 23.4. The Morgan fingerprint density at radius 2 is 2.10 bits per heavy atom. The van der Waals surface area contributed by atoms with Crippen LogP contribution in [0.1, 0.15) is 42.8 Å². The van der Waals surface area contributed by atoms with E-state index in [-0.39, 0.29) is 17.9 Å². The smallest absolute Gasteiger partial charge is 0.247 e. The highest BCUT2D eigenvalue weighted by Crippen LogP contribution is 2.23. The average molecular weight is 461 g/mol. The van der Waals surface area contributed by atoms with Crippen LogP contribution in [0.25, 0.3) is 6.08 Å². The maximum Gasteiger partial charge on any atom is 0.247 e. The summed E-state index contributed by atoms with van der Waals surface area (Å²) in [5.41, 5.74) is 3.71. The van der Waals surface area contributed by atoms with E-state index in [0.717, 1.165) is 28.9 Å². The molecule has 2 unspecified atom stereocenters. The van der Waals surface area contributed by atoms with Crippen molar-refractivity contribution in [2.45, 2.75) is 52.7 Å². The summed E-state index contributed by atoms with van der Waals surface area (Å²) in [6, 6.07) is 7.37. The van der Waals surface area contributed by atoms with Crippen molar-refractivity contribution in [3.63, 3.8) is 0 Å². The topological polar surface area (TPSA) is 67.2 Å². The molecule has 6 nitrogen and oxygen atoms in total. The number of aromatic nitrogens is 2. The normalized spacial score (nSPS) is 17.3. The van der Waals surface area contributed by atoms with E-state index in [9.17, 15) is 9.59 Å². The van der Waals surface area contributed by atoms with Gasteiger partial charge in [-0.15, -0.1) is 11.8 Å². The number of halogens is 1. The van der Waals surface area contributed by atoms with Gasteiger partial charge in [0.15, 0.2) is 0 Å². The fourth-order valence-corrected chi connectivity index (χ4v) is 4.82. The minimum absolute atomic E-state index is 0.0824. The molecule has 0 aliphatic carbocycles. The van der Waals surface area contributed by atoms with Crippen molar-refractivity contribution in [1.82, 2.24) is 20.0 Å². The summed E-state index contributed by atoms with van der Waals surface area (Å²) in [7, 11) is 0. The van der Waals surface area contributed by atoms with Gasteiger partial charge in [-0.25, -0.2) is 0 Å². The summed E-state index contributed by atoms with van der Waals surface area (Å²) in [5.74, 6) is 0.897. The van der Waals surface area contributed by atoms with E-state index in [1.807, 2.05) is 56.6 Å². The number of benzene rings is 1. The Kier molecular flexibility index (Phi) is 7.84. The molecule has 1 fully saturated rings. The lowest BCUT2D eigenvalue weighted by Gasteiger charge is -2.23. The van der Waals surface area contributed by atoms with E-state index >= 15 is 0 Å². The molecule has 2 amide bonds. The molecule has 1 N–H and O–H groups in total. The van der Waals surface area contributed by atoms with Crippen molar-refractivity contribution in [1.29, 1.82) is 0 Å². The van der Waals surface area contributed by atoms with E-state index in [4.69, 9.17) is 11.6 Å². The van der Waals surface area contributed by atoms with Gasteiger partial charge in [0.25, 0.3) is 0 Å². The second-order valence-corrected chi connectivity index (χ2v) is 9.22. The molecule has 166 valence electrons. The molecule has 31 heavy (non-hydrogen) atoms. The summed E-state index contributed by atoms with van der Waals surface area (Å²) in [6.45, 7) is 8.46. The van der Waals surface area contributed by atoms with Crippen molar-refractivity contribution in [3.8, 4) is 0 Å². The van der Waals surface area contributed by atoms with Gasteiger partial charge in [0.1, 0.15) is 6.04 Å². The molecule has 2 heterocycles. The molecule has 0 bridgehead atoms. The van der Waals surface area contributed by atoms with Gasteiger partial charge in [0.05, 0.1) is 18.1 Å². The van der Waals surface area contributed by atoms with Crippen LogP contribution in [0.4, 0.5) is 0 Å². The number of aryl methyl sites for hydroxylation is 1. The largest absolute Gasteiger partial charge is 0.352 e. The van der Waals surface area contributed by atoms with Crippen molar-refractivity contribution in [3.05, 3.63) is 57.9 Å². The third-order valence-corrected chi connectivity index (χ3v) is 6.96. The molecule has 8 heteroatoms. The number of thioether (sulfide) groups is 1. The average Bonchev–Trinajstić information content (AvgIpc) is 3.33. The Morgan fingerprint density at radius 3 is 2.81 bits per heavy atom. The molecule has 1 aromatic heterocycles. The molecule has 1 aromatic carbocycles. The number of amides is 2. The summed E-state index contributed by atoms with van der Waals surface area (Å²) in [5, 5.41) is 8.31. The zero-order chi connectivity index (χ0) is 22.5. The summed E-state index contributed by atoms with van der Waals surface area (Å²) in [4.78, 5) is 27.0. The Labute approximate surface area is 193 Å². The van der Waals surface area contributed by atoms with E-state index in [1.165, 1.54) is 0 Å². The standard InChI is InChI=1S/C23H29ClN4O2S/c1-5-15(2)25-23(30)21-13-31-14-27(21)22(29)11-10-19-16(3)26-28(17(19)4)12-18-8-6-7-9-20(18)24/h6-11,15,21H,5,12-14H2,1-4H3,(H,25,30)/b11-10+. The summed E-state index contributed by atoms with van der Waals surface area (Å²) < 4.78 is 1.90. The molecular formula is C23H29ClN4O2S. The highest BCUT2D eigenvalue weighted by atomic mass is 35.5. The lowest BCUT2D eigenvalue weighted by atomic mass is 10.1. The third-order valence-electron chi connectivity index (χ3n) is 5.58. The predicted molar refractivity (Wildman–Crippen MR) is 127 cm³/mol. The zero-order valence-electron chi connectivity index (χ0n) is 18.4. The fraction of sp³-hybridized carbons (Fsp3) is 0.435. The SMILES string of the molecule is CCC(C)NC(=O)C1CSCN1C(=O)/C=C/c1c(C)nn(Cc2ccccc2Cl)c1C. The van der Waals surface area contributed by atoms with Gasteiger partial charge in [-0.2, -0.15) is 5.10 Å². The first-order valence-electron chi connectivity index (χ1n) is 10.5. The van der Waals surface area contributed by atoms with Crippen LogP contribution >= 0.6 is 23.4 Å². The molecule has 1 aliphatic rings. The summed E-state index contributed by atoms with van der Waals surface area (Å²) in [6.07, 6.45) is 4.21. The van der Waals surface area contributed by atoms with Gasteiger partial charge < -0.3 is 10.2 Å². The minimum Gasteiger partial charge on any atom is -0.352 e. The predicted octanol–water partition coefficient (Wildman–Crippen LogP) is 4.03. The zero-order valence-corrected chi connectivity index (χ0v) is 20.0. The van der Waals surface area contributed by atoms with Gasteiger partial charge in [0, 0.05) is 34.2 Å². The van der Waals surface area contributed by atoms with Gasteiger partial charge in [0.2, 0.25) is 11.8 Å². The Hall–Kier alpha value is -2.25. The third kappa shape index (κ3) is 5.52. The van der Waals surface area contributed by atoms with Crippen LogP contribution in [0, 0.1) is 13.8 Å². The number of carbonyl (C=O) groups excluding carboxylic acids is 2. The van der Waals surface area contributed by atoms with Crippen LogP contribution in [0.3, 0.4) is 0 Å². The highest BCUT2D eigenvalue weighted by Gasteiger charge is 2.34. The van der Waals surface area contributed by atoms with Crippen LogP contribution in [0.5, 0.6) is 0 Å². The molecule has 2 atom stereocenters. The molecule has 1 saturated heterocycles.